The van der Waals surface area contributed by atoms with Gasteiger partial charge in [0.1, 0.15) is 0 Å². The van der Waals surface area contributed by atoms with Crippen LogP contribution in [-0.4, -0.2) is 17.8 Å². The zero-order valence-corrected chi connectivity index (χ0v) is 13.1. The molecule has 0 aliphatic carbocycles. The van der Waals surface area contributed by atoms with Crippen LogP contribution in [0.15, 0.2) is 28.7 Å². The van der Waals surface area contributed by atoms with Crippen LogP contribution in [0.5, 0.6) is 0 Å². The third-order valence-electron chi connectivity index (χ3n) is 2.76. The lowest BCUT2D eigenvalue weighted by Crippen LogP contribution is -2.29. The van der Waals surface area contributed by atoms with Crippen molar-refractivity contribution < 1.29 is 4.79 Å². The Hall–Kier alpha value is -0.350. The van der Waals surface area contributed by atoms with E-state index in [1.165, 1.54) is 0 Å². The van der Waals surface area contributed by atoms with Gasteiger partial charge in [0.25, 0.3) is 5.91 Å². The molecule has 0 saturated heterocycles. The molecule has 4 heteroatoms. The predicted molar refractivity (Wildman–Crippen MR) is 78.7 cm³/mol. The Morgan fingerprint density at radius 3 is 2.71 bits per heavy atom. The van der Waals surface area contributed by atoms with Crippen molar-refractivity contribution in [3.63, 3.8) is 0 Å². The second kappa shape index (κ2) is 7.88. The molecule has 0 aromatic heterocycles. The summed E-state index contributed by atoms with van der Waals surface area (Å²) >= 11 is 6.82. The quantitative estimate of drug-likeness (QED) is 0.761. The van der Waals surface area contributed by atoms with Crippen LogP contribution in [0.25, 0.3) is 0 Å². The number of alkyl halides is 1. The lowest BCUT2D eigenvalue weighted by molar-refractivity contribution is 0.0945. The van der Waals surface area contributed by atoms with Gasteiger partial charge in [-0.15, -0.1) is 0 Å². The molecule has 94 valence electrons. The molecule has 0 aliphatic rings. The molecule has 1 rings (SSSR count). The van der Waals surface area contributed by atoms with E-state index in [0.29, 0.717) is 11.5 Å². The largest absolute Gasteiger partial charge is 0.352 e. The fourth-order valence-electron chi connectivity index (χ4n) is 1.58. The van der Waals surface area contributed by atoms with Crippen LogP contribution in [0.4, 0.5) is 0 Å². The van der Waals surface area contributed by atoms with E-state index >= 15 is 0 Å². The molecule has 1 amide bonds. The minimum Gasteiger partial charge on any atom is -0.352 e. The summed E-state index contributed by atoms with van der Waals surface area (Å²) in [7, 11) is 0. The Morgan fingerprint density at radius 2 is 2.12 bits per heavy atom. The predicted octanol–water partition coefficient (Wildman–Crippen LogP) is 3.99. The summed E-state index contributed by atoms with van der Waals surface area (Å²) in [5.74, 6) is 0.534. The van der Waals surface area contributed by atoms with E-state index in [1.807, 2.05) is 24.3 Å². The van der Waals surface area contributed by atoms with Gasteiger partial charge in [-0.05, 0) is 40.4 Å². The van der Waals surface area contributed by atoms with Gasteiger partial charge in [-0.1, -0.05) is 41.4 Å². The highest BCUT2D eigenvalue weighted by molar-refractivity contribution is 9.10. The highest BCUT2D eigenvalue weighted by Crippen LogP contribution is 2.16. The summed E-state index contributed by atoms with van der Waals surface area (Å²) in [6.07, 6.45) is 2.18. The Bertz CT molecular complexity index is 368. The first-order valence-corrected chi connectivity index (χ1v) is 7.69. The number of benzene rings is 1. The summed E-state index contributed by atoms with van der Waals surface area (Å²) in [5, 5.41) is 3.97. The van der Waals surface area contributed by atoms with Crippen LogP contribution in [0, 0.1) is 5.92 Å². The van der Waals surface area contributed by atoms with Crippen molar-refractivity contribution >= 4 is 37.8 Å². The number of halogens is 2. The summed E-state index contributed by atoms with van der Waals surface area (Å²) in [4.78, 5) is 11.9. The highest BCUT2D eigenvalue weighted by atomic mass is 79.9. The molecule has 1 atom stereocenters. The molecule has 0 radical (unpaired) electrons. The van der Waals surface area contributed by atoms with Crippen LogP contribution >= 0.6 is 31.9 Å². The summed E-state index contributed by atoms with van der Waals surface area (Å²) < 4.78 is 0.839. The number of carbonyl (C=O) groups is 1. The van der Waals surface area contributed by atoms with Gasteiger partial charge in [0, 0.05) is 16.3 Å². The lowest BCUT2D eigenvalue weighted by Gasteiger charge is -2.14. The number of carbonyl (C=O) groups excluding carboxylic acids is 1. The minimum absolute atomic E-state index is 0.00880. The van der Waals surface area contributed by atoms with Crippen LogP contribution in [0.2, 0.25) is 0 Å². The first-order valence-electron chi connectivity index (χ1n) is 5.77. The van der Waals surface area contributed by atoms with Crippen LogP contribution < -0.4 is 5.32 Å². The molecule has 0 spiro atoms. The molecule has 1 N–H and O–H groups in total. The molecule has 1 aromatic rings. The van der Waals surface area contributed by atoms with Gasteiger partial charge in [0.2, 0.25) is 0 Å². The van der Waals surface area contributed by atoms with E-state index in [2.05, 4.69) is 44.1 Å². The third-order valence-corrected chi connectivity index (χ3v) is 3.91. The van der Waals surface area contributed by atoms with E-state index < -0.39 is 0 Å². The average molecular weight is 363 g/mol. The van der Waals surface area contributed by atoms with Crippen molar-refractivity contribution in [3.8, 4) is 0 Å². The molecule has 0 saturated carbocycles. The molecule has 2 nitrogen and oxygen atoms in total. The zero-order chi connectivity index (χ0) is 12.7. The monoisotopic (exact) mass is 361 g/mol. The van der Waals surface area contributed by atoms with Gasteiger partial charge in [0.05, 0.1) is 5.56 Å². The Labute approximate surface area is 119 Å². The molecule has 0 bridgehead atoms. The van der Waals surface area contributed by atoms with Crippen molar-refractivity contribution in [2.75, 3.05) is 11.9 Å². The second-order valence-electron chi connectivity index (χ2n) is 3.94. The van der Waals surface area contributed by atoms with Gasteiger partial charge < -0.3 is 5.32 Å². The molecule has 0 aliphatic heterocycles. The van der Waals surface area contributed by atoms with E-state index in [0.717, 1.165) is 29.2 Å². The first-order chi connectivity index (χ1) is 8.19. The van der Waals surface area contributed by atoms with Crippen molar-refractivity contribution in [2.24, 2.45) is 5.92 Å². The van der Waals surface area contributed by atoms with Crippen molar-refractivity contribution in [3.05, 3.63) is 34.3 Å². The van der Waals surface area contributed by atoms with Gasteiger partial charge in [-0.3, -0.25) is 4.79 Å². The number of amides is 1. The normalized spacial score (nSPS) is 12.2. The van der Waals surface area contributed by atoms with Gasteiger partial charge in [0.15, 0.2) is 0 Å². The SMILES string of the molecule is CCC(CCBr)CNC(=O)c1ccccc1Br. The van der Waals surface area contributed by atoms with Crippen LogP contribution in [-0.2, 0) is 0 Å². The fraction of sp³-hybridized carbons (Fsp3) is 0.462. The first kappa shape index (κ1) is 14.7. The highest BCUT2D eigenvalue weighted by Gasteiger charge is 2.11. The van der Waals surface area contributed by atoms with Crippen molar-refractivity contribution in [1.82, 2.24) is 5.32 Å². The van der Waals surface area contributed by atoms with E-state index in [4.69, 9.17) is 0 Å². The standard InChI is InChI=1S/C13H17Br2NO/c1-2-10(7-8-14)9-16-13(17)11-5-3-4-6-12(11)15/h3-6,10H,2,7-9H2,1H3,(H,16,17). The van der Waals surface area contributed by atoms with Crippen molar-refractivity contribution in [2.45, 2.75) is 19.8 Å². The van der Waals surface area contributed by atoms with Crippen molar-refractivity contribution in [1.29, 1.82) is 0 Å². The zero-order valence-electron chi connectivity index (χ0n) is 9.88. The molecule has 1 unspecified atom stereocenters. The maximum absolute atomic E-state index is 11.9. The molecule has 0 heterocycles. The summed E-state index contributed by atoms with van der Waals surface area (Å²) in [6, 6.07) is 7.48. The fourth-order valence-corrected chi connectivity index (χ4v) is 2.69. The molecular formula is C13H17Br2NO. The number of rotatable bonds is 6. The van der Waals surface area contributed by atoms with E-state index in [-0.39, 0.29) is 5.91 Å². The van der Waals surface area contributed by atoms with E-state index in [1.54, 1.807) is 0 Å². The Morgan fingerprint density at radius 1 is 1.41 bits per heavy atom. The topological polar surface area (TPSA) is 29.1 Å². The van der Waals surface area contributed by atoms with Gasteiger partial charge >= 0.3 is 0 Å². The number of hydrogen-bond acceptors (Lipinski definition) is 1. The second-order valence-corrected chi connectivity index (χ2v) is 5.59. The minimum atomic E-state index is -0.00880. The Balaban J connectivity index is 2.52. The van der Waals surface area contributed by atoms with E-state index in [9.17, 15) is 4.79 Å². The van der Waals surface area contributed by atoms with Gasteiger partial charge in [-0.25, -0.2) is 0 Å². The smallest absolute Gasteiger partial charge is 0.252 e. The maximum atomic E-state index is 11.9. The molecular weight excluding hydrogens is 346 g/mol. The summed E-state index contributed by atoms with van der Waals surface area (Å²) in [5.41, 5.74) is 0.696. The summed E-state index contributed by atoms with van der Waals surface area (Å²) in [6.45, 7) is 2.89. The average Bonchev–Trinajstić information content (AvgIpc) is 2.34. The van der Waals surface area contributed by atoms with Crippen LogP contribution in [0.3, 0.4) is 0 Å². The maximum Gasteiger partial charge on any atom is 0.252 e. The van der Waals surface area contributed by atoms with Crippen LogP contribution in [0.1, 0.15) is 30.1 Å². The Kier molecular flexibility index (Phi) is 6.82. The molecule has 1 aromatic carbocycles. The lowest BCUT2D eigenvalue weighted by atomic mass is 10.0. The van der Waals surface area contributed by atoms with Gasteiger partial charge in [-0.2, -0.15) is 0 Å². The molecule has 17 heavy (non-hydrogen) atoms. The number of nitrogens with one attached hydrogen (secondary N) is 1. The number of hydrogen-bond donors (Lipinski definition) is 1. The molecule has 0 fully saturated rings. The third kappa shape index (κ3) is 4.80.